The summed E-state index contributed by atoms with van der Waals surface area (Å²) in [5.74, 6) is 0. The summed E-state index contributed by atoms with van der Waals surface area (Å²) < 4.78 is 4.93. The van der Waals surface area contributed by atoms with Gasteiger partial charge in [0, 0.05) is 33.1 Å². The van der Waals surface area contributed by atoms with Crippen molar-refractivity contribution in [2.75, 3.05) is 4.90 Å². The fourth-order valence-corrected chi connectivity index (χ4v) is 9.87. The van der Waals surface area contributed by atoms with Crippen molar-refractivity contribution in [2.45, 2.75) is 5.41 Å². The minimum atomic E-state index is -0.481. The molecule has 0 spiro atoms. The molecule has 1 aliphatic carbocycles. The second-order valence-corrected chi connectivity index (χ2v) is 14.5. The van der Waals surface area contributed by atoms with Crippen LogP contribution in [0.3, 0.4) is 0 Å². The number of aromatic nitrogens is 2. The molecule has 0 N–H and O–H groups in total. The van der Waals surface area contributed by atoms with Crippen molar-refractivity contribution in [1.29, 1.82) is 0 Å². The largest absolute Gasteiger partial charge is 0.310 e. The zero-order chi connectivity index (χ0) is 35.4. The number of anilines is 3. The molecule has 0 bridgehead atoms. The molecule has 3 heteroatoms. The van der Waals surface area contributed by atoms with Gasteiger partial charge in [0.25, 0.3) is 0 Å². The highest BCUT2D eigenvalue weighted by Gasteiger charge is 2.47. The van der Waals surface area contributed by atoms with E-state index in [1.54, 1.807) is 0 Å². The number of para-hydroxylation sites is 4. The fraction of sp³-hybridized carbons (Fsp3) is 0.0196. The molecule has 0 saturated heterocycles. The van der Waals surface area contributed by atoms with Gasteiger partial charge >= 0.3 is 0 Å². The van der Waals surface area contributed by atoms with E-state index in [4.69, 9.17) is 0 Å². The van der Waals surface area contributed by atoms with E-state index in [0.29, 0.717) is 0 Å². The van der Waals surface area contributed by atoms with Crippen LogP contribution in [0.5, 0.6) is 0 Å². The van der Waals surface area contributed by atoms with E-state index in [1.165, 1.54) is 77.3 Å². The van der Waals surface area contributed by atoms with Gasteiger partial charge in [-0.15, -0.1) is 0 Å². The number of hydrogen-bond acceptors (Lipinski definition) is 1. The van der Waals surface area contributed by atoms with Crippen LogP contribution in [0.2, 0.25) is 0 Å². The molecule has 0 saturated carbocycles. The van der Waals surface area contributed by atoms with Gasteiger partial charge in [-0.3, -0.25) is 8.80 Å². The van der Waals surface area contributed by atoms with Gasteiger partial charge in [-0.1, -0.05) is 152 Å². The van der Waals surface area contributed by atoms with E-state index in [0.717, 1.165) is 17.1 Å². The van der Waals surface area contributed by atoms with Crippen molar-refractivity contribution in [1.82, 2.24) is 8.80 Å². The normalized spacial score (nSPS) is 13.3. The Morgan fingerprint density at radius 3 is 1.67 bits per heavy atom. The maximum Gasteiger partial charge on any atom is 0.131 e. The molecule has 11 aromatic rings. The fourth-order valence-electron chi connectivity index (χ4n) is 9.87. The smallest absolute Gasteiger partial charge is 0.131 e. The van der Waals surface area contributed by atoms with Crippen LogP contribution < -0.4 is 4.90 Å². The molecule has 0 amide bonds. The number of hydrogen-bond donors (Lipinski definition) is 0. The molecule has 0 atom stereocenters. The van der Waals surface area contributed by atoms with Crippen molar-refractivity contribution in [3.05, 3.63) is 222 Å². The van der Waals surface area contributed by atoms with E-state index in [9.17, 15) is 0 Å². The first-order valence-electron chi connectivity index (χ1n) is 18.7. The van der Waals surface area contributed by atoms with Crippen molar-refractivity contribution >= 4 is 60.9 Å². The summed E-state index contributed by atoms with van der Waals surface area (Å²) in [6.07, 6.45) is 0. The van der Waals surface area contributed by atoms with Crippen LogP contribution >= 0.6 is 0 Å². The third kappa shape index (κ3) is 3.70. The molecule has 0 fully saturated rings. The Bertz CT molecular complexity index is 3160. The van der Waals surface area contributed by atoms with E-state index < -0.39 is 5.41 Å². The Morgan fingerprint density at radius 2 is 0.944 bits per heavy atom. The van der Waals surface area contributed by atoms with Gasteiger partial charge < -0.3 is 4.90 Å². The lowest BCUT2D eigenvalue weighted by molar-refractivity contribution is 0.768. The molecular formula is C51H33N3. The SMILES string of the molecule is c1ccc(N(c2ccc3c4c5ccccc5n5c6ccccc6n(c3c2)c45)c2cccc3c2-c2ccccc2C3(c2ccccc2)c2ccccc2)cc1. The van der Waals surface area contributed by atoms with Crippen LogP contribution in [-0.2, 0) is 5.41 Å². The average Bonchev–Trinajstić information content (AvgIpc) is 3.95. The van der Waals surface area contributed by atoms with Crippen LogP contribution in [0, 0.1) is 0 Å². The van der Waals surface area contributed by atoms with Crippen molar-refractivity contribution in [2.24, 2.45) is 0 Å². The third-order valence-corrected chi connectivity index (χ3v) is 11.9. The van der Waals surface area contributed by atoms with Crippen molar-refractivity contribution in [3.8, 4) is 11.1 Å². The minimum absolute atomic E-state index is 0.481. The van der Waals surface area contributed by atoms with Crippen LogP contribution in [0.15, 0.2) is 200 Å². The second kappa shape index (κ2) is 11.0. The summed E-state index contributed by atoms with van der Waals surface area (Å²) in [5.41, 5.74) is 16.7. The van der Waals surface area contributed by atoms with Gasteiger partial charge in [0.1, 0.15) is 5.65 Å². The number of imidazole rings is 1. The van der Waals surface area contributed by atoms with Gasteiger partial charge in [-0.2, -0.15) is 0 Å². The molecule has 0 radical (unpaired) electrons. The first kappa shape index (κ1) is 29.5. The maximum atomic E-state index is 2.48. The Hall–Kier alpha value is -7.10. The van der Waals surface area contributed by atoms with Gasteiger partial charge in [-0.05, 0) is 76.3 Å². The highest BCUT2D eigenvalue weighted by molar-refractivity contribution is 6.24. The Morgan fingerprint density at radius 1 is 0.389 bits per heavy atom. The highest BCUT2D eigenvalue weighted by atomic mass is 15.2. The molecule has 1 aliphatic rings. The maximum absolute atomic E-state index is 2.48. The molecule has 0 aliphatic heterocycles. The van der Waals surface area contributed by atoms with E-state index in [2.05, 4.69) is 214 Å². The minimum Gasteiger partial charge on any atom is -0.310 e. The quantitative estimate of drug-likeness (QED) is 0.175. The highest BCUT2D eigenvalue weighted by Crippen LogP contribution is 2.59. The number of fused-ring (bicyclic) bond motifs is 12. The predicted molar refractivity (Wildman–Crippen MR) is 224 cm³/mol. The molecule has 12 rings (SSSR count). The molecule has 252 valence electrons. The van der Waals surface area contributed by atoms with Crippen LogP contribution in [-0.4, -0.2) is 8.80 Å². The van der Waals surface area contributed by atoms with Gasteiger partial charge in [0.2, 0.25) is 0 Å². The van der Waals surface area contributed by atoms with Crippen LogP contribution in [0.1, 0.15) is 22.3 Å². The van der Waals surface area contributed by atoms with Crippen LogP contribution in [0.4, 0.5) is 17.1 Å². The van der Waals surface area contributed by atoms with Gasteiger partial charge in [0.15, 0.2) is 0 Å². The molecule has 3 heterocycles. The number of benzene rings is 8. The molecular weight excluding hydrogens is 655 g/mol. The standard InChI is InChI=1S/C51H33N3/c1-4-17-34(18-5-1)51(35-19-6-2-7-20-35)41-25-12-10-23-38(41)49-42(51)26-16-30-46(49)52(36-21-8-3-9-22-36)37-31-32-40-47(33-37)54-45-29-15-14-28-44(45)53-43-27-13-11-24-39(43)48(40)50(53)54/h1-33H. The number of nitrogens with zero attached hydrogens (tertiary/aromatic N) is 3. The van der Waals surface area contributed by atoms with E-state index in [-0.39, 0.29) is 0 Å². The molecule has 3 aromatic heterocycles. The summed E-state index contributed by atoms with van der Waals surface area (Å²) in [6.45, 7) is 0. The average molecular weight is 688 g/mol. The lowest BCUT2D eigenvalue weighted by atomic mass is 9.68. The van der Waals surface area contributed by atoms with Crippen molar-refractivity contribution in [3.63, 3.8) is 0 Å². The molecule has 54 heavy (non-hydrogen) atoms. The first-order valence-corrected chi connectivity index (χ1v) is 18.7. The molecule has 3 nitrogen and oxygen atoms in total. The van der Waals surface area contributed by atoms with Crippen LogP contribution in [0.25, 0.3) is 55.0 Å². The predicted octanol–water partition coefficient (Wildman–Crippen LogP) is 12.9. The summed E-state index contributed by atoms with van der Waals surface area (Å²) in [4.78, 5) is 2.47. The lowest BCUT2D eigenvalue weighted by Crippen LogP contribution is -2.28. The third-order valence-electron chi connectivity index (χ3n) is 11.9. The zero-order valence-corrected chi connectivity index (χ0v) is 29.4. The Balaban J connectivity index is 1.18. The summed E-state index contributed by atoms with van der Waals surface area (Å²) in [6, 6.07) is 73.6. The zero-order valence-electron chi connectivity index (χ0n) is 29.4. The summed E-state index contributed by atoms with van der Waals surface area (Å²) in [7, 11) is 0. The molecule has 8 aromatic carbocycles. The summed E-state index contributed by atoms with van der Waals surface area (Å²) in [5, 5.41) is 3.86. The van der Waals surface area contributed by atoms with E-state index in [1.807, 2.05) is 0 Å². The summed E-state index contributed by atoms with van der Waals surface area (Å²) >= 11 is 0. The number of rotatable bonds is 5. The monoisotopic (exact) mass is 687 g/mol. The second-order valence-electron chi connectivity index (χ2n) is 14.5. The first-order chi connectivity index (χ1) is 26.8. The lowest BCUT2D eigenvalue weighted by Gasteiger charge is -2.34. The van der Waals surface area contributed by atoms with Gasteiger partial charge in [-0.25, -0.2) is 0 Å². The van der Waals surface area contributed by atoms with Crippen molar-refractivity contribution < 1.29 is 0 Å². The van der Waals surface area contributed by atoms with Gasteiger partial charge in [0.05, 0.1) is 33.2 Å². The topological polar surface area (TPSA) is 12.1 Å². The Kier molecular flexibility index (Phi) is 5.98. The Labute approximate surface area is 312 Å². The van der Waals surface area contributed by atoms with E-state index >= 15 is 0 Å². The molecule has 0 unspecified atom stereocenters.